The monoisotopic (exact) mass is 306 g/mol. The maximum Gasteiger partial charge on any atom is 0.255 e. The van der Waals surface area contributed by atoms with Crippen LogP contribution in [-0.2, 0) is 0 Å². The highest BCUT2D eigenvalue weighted by Crippen LogP contribution is 2.19. The standard InChI is InChI=1S/C9H11IN2O2/c10-6-1-2-8(13)7(5-6)9(14)12-4-3-11/h1-2,5,13H,3-4,11H2,(H,12,14). The van der Waals surface area contributed by atoms with Crippen molar-refractivity contribution in [1.29, 1.82) is 0 Å². The number of benzene rings is 1. The van der Waals surface area contributed by atoms with Gasteiger partial charge in [0.05, 0.1) is 5.56 Å². The third-order valence-corrected chi connectivity index (χ3v) is 2.30. The smallest absolute Gasteiger partial charge is 0.255 e. The van der Waals surface area contributed by atoms with E-state index in [1.54, 1.807) is 12.1 Å². The number of amides is 1. The summed E-state index contributed by atoms with van der Waals surface area (Å²) in [7, 11) is 0. The highest BCUT2D eigenvalue weighted by Gasteiger charge is 2.10. The summed E-state index contributed by atoms with van der Waals surface area (Å²) in [5.74, 6) is -0.314. The molecule has 4 N–H and O–H groups in total. The normalized spacial score (nSPS) is 9.86. The Hall–Kier alpha value is -0.820. The van der Waals surface area contributed by atoms with Crippen LogP contribution < -0.4 is 11.1 Å². The molecule has 76 valence electrons. The molecule has 5 heteroatoms. The van der Waals surface area contributed by atoms with E-state index in [9.17, 15) is 9.90 Å². The molecule has 0 heterocycles. The van der Waals surface area contributed by atoms with Crippen LogP contribution >= 0.6 is 22.6 Å². The van der Waals surface area contributed by atoms with Crippen LogP contribution in [0, 0.1) is 3.57 Å². The minimum atomic E-state index is -0.300. The lowest BCUT2D eigenvalue weighted by Gasteiger charge is -2.05. The summed E-state index contributed by atoms with van der Waals surface area (Å²) in [5, 5.41) is 12.0. The molecule has 0 fully saturated rings. The van der Waals surface area contributed by atoms with Crippen molar-refractivity contribution >= 4 is 28.5 Å². The Kier molecular flexibility index (Phi) is 4.15. The summed E-state index contributed by atoms with van der Waals surface area (Å²) in [4.78, 5) is 11.4. The Labute approximate surface area is 95.6 Å². The number of nitrogens with one attached hydrogen (secondary N) is 1. The van der Waals surface area contributed by atoms with Crippen molar-refractivity contribution < 1.29 is 9.90 Å². The van der Waals surface area contributed by atoms with Crippen molar-refractivity contribution in [3.63, 3.8) is 0 Å². The van der Waals surface area contributed by atoms with Gasteiger partial charge in [-0.2, -0.15) is 0 Å². The largest absolute Gasteiger partial charge is 0.507 e. The fraction of sp³-hybridized carbons (Fsp3) is 0.222. The van der Waals surface area contributed by atoms with Gasteiger partial charge in [0.15, 0.2) is 0 Å². The van der Waals surface area contributed by atoms with Crippen LogP contribution in [0.3, 0.4) is 0 Å². The Morgan fingerprint density at radius 2 is 2.29 bits per heavy atom. The number of nitrogens with two attached hydrogens (primary N) is 1. The average molecular weight is 306 g/mol. The second-order valence-corrected chi connectivity index (χ2v) is 3.95. The lowest BCUT2D eigenvalue weighted by molar-refractivity contribution is 0.0952. The molecule has 1 aromatic rings. The maximum atomic E-state index is 11.4. The number of aromatic hydroxyl groups is 1. The van der Waals surface area contributed by atoms with E-state index in [-0.39, 0.29) is 17.2 Å². The molecule has 1 aromatic carbocycles. The van der Waals surface area contributed by atoms with Gasteiger partial charge in [-0.05, 0) is 40.8 Å². The second-order valence-electron chi connectivity index (χ2n) is 2.71. The minimum absolute atomic E-state index is 0.0139. The first-order valence-corrected chi connectivity index (χ1v) is 5.20. The van der Waals surface area contributed by atoms with Crippen LogP contribution in [0.2, 0.25) is 0 Å². The van der Waals surface area contributed by atoms with E-state index in [0.717, 1.165) is 3.57 Å². The molecular weight excluding hydrogens is 295 g/mol. The lowest BCUT2D eigenvalue weighted by Crippen LogP contribution is -2.29. The van der Waals surface area contributed by atoms with Crippen LogP contribution in [0.15, 0.2) is 18.2 Å². The van der Waals surface area contributed by atoms with E-state index in [1.807, 2.05) is 0 Å². The van der Waals surface area contributed by atoms with Crippen LogP contribution in [-0.4, -0.2) is 24.1 Å². The first kappa shape index (κ1) is 11.3. The zero-order chi connectivity index (χ0) is 10.6. The minimum Gasteiger partial charge on any atom is -0.507 e. The molecule has 0 aliphatic rings. The van der Waals surface area contributed by atoms with Gasteiger partial charge in [0, 0.05) is 16.7 Å². The predicted molar refractivity (Wildman–Crippen MR) is 62.2 cm³/mol. The molecule has 0 saturated heterocycles. The first-order chi connectivity index (χ1) is 6.65. The van der Waals surface area contributed by atoms with Crippen molar-refractivity contribution in [2.45, 2.75) is 0 Å². The fourth-order valence-electron chi connectivity index (χ4n) is 0.971. The molecule has 0 aliphatic carbocycles. The molecule has 0 spiro atoms. The summed E-state index contributed by atoms with van der Waals surface area (Å²) < 4.78 is 0.901. The molecule has 0 radical (unpaired) electrons. The predicted octanol–water partition coefficient (Wildman–Crippen LogP) is 0.685. The molecule has 1 amide bonds. The quantitative estimate of drug-likeness (QED) is 0.719. The van der Waals surface area contributed by atoms with Crippen molar-refractivity contribution in [2.24, 2.45) is 5.73 Å². The van der Waals surface area contributed by atoms with Gasteiger partial charge in [-0.15, -0.1) is 0 Å². The van der Waals surface area contributed by atoms with Crippen molar-refractivity contribution in [2.75, 3.05) is 13.1 Å². The van der Waals surface area contributed by atoms with E-state index < -0.39 is 0 Å². The molecule has 4 nitrogen and oxygen atoms in total. The van der Waals surface area contributed by atoms with Gasteiger partial charge in [-0.3, -0.25) is 4.79 Å². The van der Waals surface area contributed by atoms with Crippen molar-refractivity contribution in [1.82, 2.24) is 5.32 Å². The van der Waals surface area contributed by atoms with Gasteiger partial charge in [-0.25, -0.2) is 0 Å². The van der Waals surface area contributed by atoms with Gasteiger partial charge in [0.1, 0.15) is 5.75 Å². The first-order valence-electron chi connectivity index (χ1n) is 4.12. The molecule has 0 atom stereocenters. The third kappa shape index (κ3) is 2.85. The van der Waals surface area contributed by atoms with Gasteiger partial charge in [0.25, 0.3) is 5.91 Å². The number of halogens is 1. The molecule has 0 aromatic heterocycles. The summed E-state index contributed by atoms with van der Waals surface area (Å²) in [6.45, 7) is 0.792. The van der Waals surface area contributed by atoms with E-state index in [4.69, 9.17) is 5.73 Å². The molecule has 14 heavy (non-hydrogen) atoms. The number of hydrogen-bond acceptors (Lipinski definition) is 3. The molecular formula is C9H11IN2O2. The average Bonchev–Trinajstić information content (AvgIpc) is 2.18. The topological polar surface area (TPSA) is 75.3 Å². The fourth-order valence-corrected chi connectivity index (χ4v) is 1.46. The van der Waals surface area contributed by atoms with Crippen LogP contribution in [0.1, 0.15) is 10.4 Å². The van der Waals surface area contributed by atoms with Gasteiger partial charge in [-0.1, -0.05) is 0 Å². The number of phenolic OH excluding ortho intramolecular Hbond substituents is 1. The third-order valence-electron chi connectivity index (χ3n) is 1.63. The van der Waals surface area contributed by atoms with Gasteiger partial charge >= 0.3 is 0 Å². The zero-order valence-corrected chi connectivity index (χ0v) is 9.61. The summed E-state index contributed by atoms with van der Waals surface area (Å²) in [5.41, 5.74) is 5.53. The van der Waals surface area contributed by atoms with E-state index in [2.05, 4.69) is 27.9 Å². The van der Waals surface area contributed by atoms with Crippen LogP contribution in [0.4, 0.5) is 0 Å². The maximum absolute atomic E-state index is 11.4. The highest BCUT2D eigenvalue weighted by molar-refractivity contribution is 14.1. The van der Waals surface area contributed by atoms with Crippen molar-refractivity contribution in [3.05, 3.63) is 27.3 Å². The molecule has 0 bridgehead atoms. The molecule has 0 aliphatic heterocycles. The Balaban J connectivity index is 2.83. The number of rotatable bonds is 3. The number of carbonyl (C=O) groups excluding carboxylic acids is 1. The lowest BCUT2D eigenvalue weighted by atomic mass is 10.2. The second kappa shape index (κ2) is 5.16. The number of hydrogen-bond donors (Lipinski definition) is 3. The van der Waals surface area contributed by atoms with E-state index in [0.29, 0.717) is 13.1 Å². The van der Waals surface area contributed by atoms with Gasteiger partial charge < -0.3 is 16.2 Å². The Morgan fingerprint density at radius 1 is 1.57 bits per heavy atom. The highest BCUT2D eigenvalue weighted by atomic mass is 127. The SMILES string of the molecule is NCCNC(=O)c1cc(I)ccc1O. The van der Waals surface area contributed by atoms with E-state index >= 15 is 0 Å². The number of carbonyl (C=O) groups is 1. The zero-order valence-electron chi connectivity index (χ0n) is 7.46. The molecule has 0 saturated carbocycles. The van der Waals surface area contributed by atoms with Crippen LogP contribution in [0.25, 0.3) is 0 Å². The summed E-state index contributed by atoms with van der Waals surface area (Å²) in [6.07, 6.45) is 0. The summed E-state index contributed by atoms with van der Waals surface area (Å²) >= 11 is 2.08. The molecule has 1 rings (SSSR count). The van der Waals surface area contributed by atoms with E-state index in [1.165, 1.54) is 6.07 Å². The molecule has 0 unspecified atom stereocenters. The Morgan fingerprint density at radius 3 is 2.93 bits per heavy atom. The van der Waals surface area contributed by atoms with Crippen molar-refractivity contribution in [3.8, 4) is 5.75 Å². The van der Waals surface area contributed by atoms with Gasteiger partial charge in [0.2, 0.25) is 0 Å². The van der Waals surface area contributed by atoms with Crippen LogP contribution in [0.5, 0.6) is 5.75 Å². The summed E-state index contributed by atoms with van der Waals surface area (Å²) in [6, 6.07) is 4.86. The number of phenols is 1. The Bertz CT molecular complexity index is 342.